The van der Waals surface area contributed by atoms with Crippen molar-refractivity contribution < 1.29 is 4.74 Å². The van der Waals surface area contributed by atoms with Gasteiger partial charge in [0.25, 0.3) is 0 Å². The first-order chi connectivity index (χ1) is 5.93. The lowest BCUT2D eigenvalue weighted by Crippen LogP contribution is -2.33. The van der Waals surface area contributed by atoms with E-state index >= 15 is 0 Å². The Bertz CT molecular complexity index is 100. The zero-order chi connectivity index (χ0) is 8.65. The fourth-order valence-electron chi connectivity index (χ4n) is 1.79. The number of rotatable bonds is 5. The van der Waals surface area contributed by atoms with Crippen molar-refractivity contribution in [3.05, 3.63) is 0 Å². The van der Waals surface area contributed by atoms with Gasteiger partial charge in [0.2, 0.25) is 0 Å². The average Bonchev–Trinajstić information content (AvgIpc) is 2.14. The highest BCUT2D eigenvalue weighted by molar-refractivity contribution is 4.71. The topological polar surface area (TPSA) is 21.3 Å². The quantitative estimate of drug-likeness (QED) is 0.638. The molecule has 1 N–H and O–H groups in total. The first kappa shape index (κ1) is 10.0. The molecule has 1 aliphatic carbocycles. The molecule has 0 bridgehead atoms. The van der Waals surface area contributed by atoms with Crippen LogP contribution in [0.4, 0.5) is 0 Å². The van der Waals surface area contributed by atoms with Gasteiger partial charge in [-0.3, -0.25) is 0 Å². The van der Waals surface area contributed by atoms with Crippen LogP contribution in [-0.4, -0.2) is 25.8 Å². The van der Waals surface area contributed by atoms with Crippen LogP contribution in [0.3, 0.4) is 0 Å². The van der Waals surface area contributed by atoms with Gasteiger partial charge >= 0.3 is 0 Å². The summed E-state index contributed by atoms with van der Waals surface area (Å²) in [6, 6.07) is 0.777. The van der Waals surface area contributed by atoms with Crippen molar-refractivity contribution in [2.24, 2.45) is 0 Å². The minimum absolute atomic E-state index is 0.777. The molecule has 12 heavy (non-hydrogen) atoms. The first-order valence-electron chi connectivity index (χ1n) is 5.24. The number of hydrogen-bond acceptors (Lipinski definition) is 2. The van der Waals surface area contributed by atoms with Gasteiger partial charge in [-0.25, -0.2) is 0 Å². The maximum absolute atomic E-state index is 5.26. The minimum atomic E-state index is 0.777. The molecule has 2 heteroatoms. The average molecular weight is 171 g/mol. The first-order valence-corrected chi connectivity index (χ1v) is 5.24. The number of nitrogens with one attached hydrogen (secondary N) is 1. The van der Waals surface area contributed by atoms with Crippen molar-refractivity contribution in [3.63, 3.8) is 0 Å². The Morgan fingerprint density at radius 2 is 2.00 bits per heavy atom. The molecule has 0 aromatic rings. The second kappa shape index (κ2) is 6.44. The van der Waals surface area contributed by atoms with Gasteiger partial charge in [-0.2, -0.15) is 0 Å². The van der Waals surface area contributed by atoms with Crippen molar-refractivity contribution in [2.75, 3.05) is 19.8 Å². The Hall–Kier alpha value is -0.0800. The van der Waals surface area contributed by atoms with E-state index in [9.17, 15) is 0 Å². The number of ether oxygens (including phenoxy) is 1. The molecule has 0 heterocycles. The van der Waals surface area contributed by atoms with Gasteiger partial charge < -0.3 is 10.1 Å². The van der Waals surface area contributed by atoms with Crippen molar-refractivity contribution in [2.45, 2.75) is 45.1 Å². The molecule has 0 spiro atoms. The number of hydrogen-bond donors (Lipinski definition) is 1. The molecule has 0 radical (unpaired) electrons. The standard InChI is InChI=1S/C10H21NO/c1-2-12-9-8-11-10-6-4-3-5-7-10/h10-11H,2-9H2,1H3. The lowest BCUT2D eigenvalue weighted by atomic mass is 9.96. The largest absolute Gasteiger partial charge is 0.380 e. The van der Waals surface area contributed by atoms with E-state index < -0.39 is 0 Å². The summed E-state index contributed by atoms with van der Waals surface area (Å²) < 4.78 is 5.26. The van der Waals surface area contributed by atoms with Crippen molar-refractivity contribution in [3.8, 4) is 0 Å². The zero-order valence-corrected chi connectivity index (χ0v) is 8.14. The highest BCUT2D eigenvalue weighted by Crippen LogP contribution is 2.16. The SMILES string of the molecule is CCOCCNC1CCCCC1. The highest BCUT2D eigenvalue weighted by Gasteiger charge is 2.11. The molecular formula is C10H21NO. The van der Waals surface area contributed by atoms with Crippen LogP contribution in [0.2, 0.25) is 0 Å². The van der Waals surface area contributed by atoms with Gasteiger partial charge in [0.1, 0.15) is 0 Å². The van der Waals surface area contributed by atoms with Crippen LogP contribution in [-0.2, 0) is 4.74 Å². The van der Waals surface area contributed by atoms with Crippen molar-refractivity contribution in [1.82, 2.24) is 5.32 Å². The van der Waals surface area contributed by atoms with Gasteiger partial charge in [0, 0.05) is 19.2 Å². The van der Waals surface area contributed by atoms with E-state index in [1.165, 1.54) is 32.1 Å². The van der Waals surface area contributed by atoms with Gasteiger partial charge in [-0.05, 0) is 19.8 Å². The van der Waals surface area contributed by atoms with Crippen LogP contribution >= 0.6 is 0 Å². The Kier molecular flexibility index (Phi) is 5.37. The monoisotopic (exact) mass is 171 g/mol. The van der Waals surface area contributed by atoms with Gasteiger partial charge in [-0.15, -0.1) is 0 Å². The summed E-state index contributed by atoms with van der Waals surface area (Å²) >= 11 is 0. The molecule has 0 atom stereocenters. The molecule has 1 rings (SSSR count). The molecule has 2 nitrogen and oxygen atoms in total. The molecule has 1 aliphatic rings. The van der Waals surface area contributed by atoms with E-state index in [1.807, 2.05) is 6.92 Å². The zero-order valence-electron chi connectivity index (χ0n) is 8.14. The third kappa shape index (κ3) is 4.07. The van der Waals surface area contributed by atoms with E-state index in [0.717, 1.165) is 25.8 Å². The Labute approximate surface area is 75.7 Å². The summed E-state index contributed by atoms with van der Waals surface area (Å²) in [7, 11) is 0. The van der Waals surface area contributed by atoms with Gasteiger partial charge in [0.15, 0.2) is 0 Å². The van der Waals surface area contributed by atoms with E-state index in [-0.39, 0.29) is 0 Å². The fourth-order valence-corrected chi connectivity index (χ4v) is 1.79. The summed E-state index contributed by atoms with van der Waals surface area (Å²) in [4.78, 5) is 0. The van der Waals surface area contributed by atoms with E-state index in [1.54, 1.807) is 0 Å². The third-order valence-electron chi connectivity index (χ3n) is 2.49. The van der Waals surface area contributed by atoms with E-state index in [4.69, 9.17) is 4.74 Å². The maximum atomic E-state index is 5.26. The maximum Gasteiger partial charge on any atom is 0.0590 e. The Balaban J connectivity index is 1.91. The smallest absolute Gasteiger partial charge is 0.0590 e. The lowest BCUT2D eigenvalue weighted by Gasteiger charge is -2.22. The van der Waals surface area contributed by atoms with Crippen LogP contribution < -0.4 is 5.32 Å². The Morgan fingerprint density at radius 1 is 1.25 bits per heavy atom. The van der Waals surface area contributed by atoms with Crippen molar-refractivity contribution >= 4 is 0 Å². The van der Waals surface area contributed by atoms with Crippen LogP contribution in [0.1, 0.15) is 39.0 Å². The molecule has 0 saturated heterocycles. The summed E-state index contributed by atoms with van der Waals surface area (Å²) in [5.74, 6) is 0. The predicted octanol–water partition coefficient (Wildman–Crippen LogP) is 1.95. The highest BCUT2D eigenvalue weighted by atomic mass is 16.5. The van der Waals surface area contributed by atoms with Crippen molar-refractivity contribution in [1.29, 1.82) is 0 Å². The van der Waals surface area contributed by atoms with Gasteiger partial charge in [0.05, 0.1) is 6.61 Å². The predicted molar refractivity (Wildman–Crippen MR) is 51.4 cm³/mol. The summed E-state index contributed by atoms with van der Waals surface area (Å²) in [5.41, 5.74) is 0. The summed E-state index contributed by atoms with van der Waals surface area (Å²) in [5, 5.41) is 3.53. The summed E-state index contributed by atoms with van der Waals surface area (Å²) in [6.07, 6.45) is 6.99. The molecule has 0 unspecified atom stereocenters. The molecule has 72 valence electrons. The molecule has 0 aromatic heterocycles. The molecule has 0 aliphatic heterocycles. The van der Waals surface area contributed by atoms with Crippen LogP contribution in [0.25, 0.3) is 0 Å². The summed E-state index contributed by atoms with van der Waals surface area (Å²) in [6.45, 7) is 4.78. The van der Waals surface area contributed by atoms with Crippen LogP contribution in [0.15, 0.2) is 0 Å². The normalized spacial score (nSPS) is 19.8. The lowest BCUT2D eigenvalue weighted by molar-refractivity contribution is 0.145. The van der Waals surface area contributed by atoms with E-state index in [2.05, 4.69) is 5.32 Å². The molecule has 1 saturated carbocycles. The van der Waals surface area contributed by atoms with Crippen LogP contribution in [0.5, 0.6) is 0 Å². The fraction of sp³-hybridized carbons (Fsp3) is 1.00. The molecular weight excluding hydrogens is 150 g/mol. The molecule has 0 aromatic carbocycles. The Morgan fingerprint density at radius 3 is 2.67 bits per heavy atom. The second-order valence-electron chi connectivity index (χ2n) is 3.49. The second-order valence-corrected chi connectivity index (χ2v) is 3.49. The third-order valence-corrected chi connectivity index (χ3v) is 2.49. The van der Waals surface area contributed by atoms with E-state index in [0.29, 0.717) is 0 Å². The molecule has 0 amide bonds. The minimum Gasteiger partial charge on any atom is -0.380 e. The molecule has 1 fully saturated rings. The van der Waals surface area contributed by atoms with Crippen LogP contribution in [0, 0.1) is 0 Å². The van der Waals surface area contributed by atoms with Gasteiger partial charge in [-0.1, -0.05) is 19.3 Å².